The first kappa shape index (κ1) is 13.2. The van der Waals surface area contributed by atoms with Crippen LogP contribution in [-0.2, 0) is 4.79 Å². The van der Waals surface area contributed by atoms with E-state index in [0.29, 0.717) is 12.1 Å². The topological polar surface area (TPSA) is 46.2 Å². The number of nitrogens with one attached hydrogen (secondary N) is 1. The Balaban J connectivity index is 2.61. The van der Waals surface area contributed by atoms with Crippen LogP contribution in [0.1, 0.15) is 24.2 Å². The monoisotopic (exact) mass is 231 g/mol. The summed E-state index contributed by atoms with van der Waals surface area (Å²) in [6, 6.07) is 8.86. The van der Waals surface area contributed by atoms with Crippen molar-refractivity contribution >= 4 is 11.7 Å². The molecule has 0 aliphatic carbocycles. The maximum absolute atomic E-state index is 11.9. The van der Waals surface area contributed by atoms with E-state index in [2.05, 4.69) is 5.32 Å². The van der Waals surface area contributed by atoms with E-state index in [1.807, 2.05) is 25.1 Å². The van der Waals surface area contributed by atoms with Crippen molar-refractivity contribution in [1.82, 2.24) is 5.32 Å². The lowest BCUT2D eigenvalue weighted by Crippen LogP contribution is -2.33. The number of ketones is 1. The molecule has 17 heavy (non-hydrogen) atoms. The van der Waals surface area contributed by atoms with Gasteiger partial charge in [0.05, 0.1) is 5.92 Å². The van der Waals surface area contributed by atoms with Crippen molar-refractivity contribution in [2.45, 2.75) is 13.8 Å². The van der Waals surface area contributed by atoms with E-state index < -0.39 is 5.92 Å². The van der Waals surface area contributed by atoms with Crippen LogP contribution in [0.15, 0.2) is 42.5 Å². The summed E-state index contributed by atoms with van der Waals surface area (Å²) >= 11 is 0. The third kappa shape index (κ3) is 3.87. The minimum Gasteiger partial charge on any atom is -0.352 e. The van der Waals surface area contributed by atoms with Crippen LogP contribution >= 0.6 is 0 Å². The Morgan fingerprint density at radius 3 is 2.53 bits per heavy atom. The van der Waals surface area contributed by atoms with E-state index in [1.165, 1.54) is 0 Å². The Bertz CT molecular complexity index is 409. The smallest absolute Gasteiger partial charge is 0.230 e. The SMILES string of the molecule is C/C=C/CNC(=O)[C@H](C)C(=O)c1ccccc1. The molecule has 0 radical (unpaired) electrons. The van der Waals surface area contributed by atoms with Crippen LogP contribution in [0.4, 0.5) is 0 Å². The molecule has 1 aromatic carbocycles. The molecular formula is C14H17NO2. The minimum absolute atomic E-state index is 0.149. The van der Waals surface area contributed by atoms with E-state index in [4.69, 9.17) is 0 Å². The number of benzene rings is 1. The van der Waals surface area contributed by atoms with Crippen LogP contribution < -0.4 is 5.32 Å². The second-order valence-corrected chi connectivity index (χ2v) is 3.77. The fourth-order valence-corrected chi connectivity index (χ4v) is 1.40. The number of hydrogen-bond acceptors (Lipinski definition) is 2. The van der Waals surface area contributed by atoms with Crippen molar-refractivity contribution in [1.29, 1.82) is 0 Å². The summed E-state index contributed by atoms with van der Waals surface area (Å²) in [6.45, 7) is 3.97. The average Bonchev–Trinajstić information content (AvgIpc) is 2.38. The summed E-state index contributed by atoms with van der Waals surface area (Å²) in [6.07, 6.45) is 3.68. The molecule has 0 spiro atoms. The minimum atomic E-state index is -0.650. The molecule has 90 valence electrons. The molecule has 0 unspecified atom stereocenters. The Labute approximate surface area is 102 Å². The first-order chi connectivity index (χ1) is 8.16. The first-order valence-corrected chi connectivity index (χ1v) is 5.65. The van der Waals surface area contributed by atoms with Crippen LogP contribution in [-0.4, -0.2) is 18.2 Å². The van der Waals surface area contributed by atoms with E-state index in [1.54, 1.807) is 31.2 Å². The fraction of sp³-hybridized carbons (Fsp3) is 0.286. The highest BCUT2D eigenvalue weighted by molar-refractivity contribution is 6.09. The summed E-state index contributed by atoms with van der Waals surface area (Å²) in [5.41, 5.74) is 0.571. The molecule has 1 aromatic rings. The number of carbonyl (C=O) groups is 2. The van der Waals surface area contributed by atoms with Gasteiger partial charge in [-0.05, 0) is 13.8 Å². The number of carbonyl (C=O) groups excluding carboxylic acids is 2. The molecule has 3 heteroatoms. The van der Waals surface area contributed by atoms with E-state index in [0.717, 1.165) is 0 Å². The predicted molar refractivity (Wildman–Crippen MR) is 67.8 cm³/mol. The van der Waals surface area contributed by atoms with Gasteiger partial charge in [-0.15, -0.1) is 0 Å². The third-order valence-electron chi connectivity index (χ3n) is 2.47. The van der Waals surface area contributed by atoms with Crippen LogP contribution in [0.3, 0.4) is 0 Å². The van der Waals surface area contributed by atoms with Gasteiger partial charge in [-0.25, -0.2) is 0 Å². The standard InChI is InChI=1S/C14H17NO2/c1-3-4-10-15-14(17)11(2)13(16)12-8-6-5-7-9-12/h3-9,11H,10H2,1-2H3,(H,15,17)/b4-3+/t11-/m1/s1. The molecule has 3 nitrogen and oxygen atoms in total. The Hall–Kier alpha value is -1.90. The molecule has 0 heterocycles. The summed E-state index contributed by atoms with van der Waals surface area (Å²) in [7, 11) is 0. The van der Waals surface area contributed by atoms with Gasteiger partial charge in [0.1, 0.15) is 0 Å². The molecule has 1 amide bonds. The first-order valence-electron chi connectivity index (χ1n) is 5.65. The molecule has 0 aliphatic heterocycles. The molecule has 0 bridgehead atoms. The fourth-order valence-electron chi connectivity index (χ4n) is 1.40. The van der Waals surface area contributed by atoms with Gasteiger partial charge < -0.3 is 5.32 Å². The van der Waals surface area contributed by atoms with Gasteiger partial charge in [-0.3, -0.25) is 9.59 Å². The van der Waals surface area contributed by atoms with Gasteiger partial charge in [0, 0.05) is 12.1 Å². The van der Waals surface area contributed by atoms with Crippen molar-refractivity contribution in [3.05, 3.63) is 48.0 Å². The van der Waals surface area contributed by atoms with Crippen molar-refractivity contribution in [3.8, 4) is 0 Å². The summed E-state index contributed by atoms with van der Waals surface area (Å²) < 4.78 is 0. The van der Waals surface area contributed by atoms with Gasteiger partial charge in [-0.1, -0.05) is 42.5 Å². The van der Waals surface area contributed by atoms with Crippen molar-refractivity contribution in [2.75, 3.05) is 6.54 Å². The van der Waals surface area contributed by atoms with Gasteiger partial charge in [0.15, 0.2) is 5.78 Å². The Morgan fingerprint density at radius 2 is 1.94 bits per heavy atom. The molecule has 0 saturated heterocycles. The third-order valence-corrected chi connectivity index (χ3v) is 2.47. The largest absolute Gasteiger partial charge is 0.352 e. The van der Waals surface area contributed by atoms with E-state index >= 15 is 0 Å². The summed E-state index contributed by atoms with van der Waals surface area (Å²) in [5.74, 6) is -1.04. The summed E-state index contributed by atoms with van der Waals surface area (Å²) in [5, 5.41) is 2.69. The van der Waals surface area contributed by atoms with Crippen molar-refractivity contribution < 1.29 is 9.59 Å². The lowest BCUT2D eigenvalue weighted by Gasteiger charge is -2.10. The lowest BCUT2D eigenvalue weighted by atomic mass is 9.99. The highest BCUT2D eigenvalue weighted by Gasteiger charge is 2.21. The quantitative estimate of drug-likeness (QED) is 0.479. The zero-order valence-corrected chi connectivity index (χ0v) is 10.1. The second-order valence-electron chi connectivity index (χ2n) is 3.77. The van der Waals surface area contributed by atoms with E-state index in [-0.39, 0.29) is 11.7 Å². The van der Waals surface area contributed by atoms with Crippen LogP contribution in [0, 0.1) is 5.92 Å². The van der Waals surface area contributed by atoms with Crippen LogP contribution in [0.25, 0.3) is 0 Å². The highest BCUT2D eigenvalue weighted by atomic mass is 16.2. The molecule has 0 saturated carbocycles. The van der Waals surface area contributed by atoms with Gasteiger partial charge in [0.2, 0.25) is 5.91 Å². The Morgan fingerprint density at radius 1 is 1.29 bits per heavy atom. The Kier molecular flexibility index (Phi) is 5.14. The van der Waals surface area contributed by atoms with Gasteiger partial charge in [-0.2, -0.15) is 0 Å². The van der Waals surface area contributed by atoms with Crippen molar-refractivity contribution in [3.63, 3.8) is 0 Å². The van der Waals surface area contributed by atoms with Gasteiger partial charge in [0.25, 0.3) is 0 Å². The van der Waals surface area contributed by atoms with Crippen molar-refractivity contribution in [2.24, 2.45) is 5.92 Å². The molecule has 0 fully saturated rings. The highest BCUT2D eigenvalue weighted by Crippen LogP contribution is 2.08. The predicted octanol–water partition coefficient (Wildman–Crippen LogP) is 2.20. The molecule has 1 N–H and O–H groups in total. The molecule has 1 atom stereocenters. The zero-order chi connectivity index (χ0) is 12.7. The lowest BCUT2D eigenvalue weighted by molar-refractivity contribution is -0.122. The number of allylic oxidation sites excluding steroid dienone is 1. The molecule has 0 aromatic heterocycles. The maximum Gasteiger partial charge on any atom is 0.230 e. The number of Topliss-reactive ketones (excluding diaryl/α,β-unsaturated/α-hetero) is 1. The second kappa shape index (κ2) is 6.63. The maximum atomic E-state index is 11.9. The van der Waals surface area contributed by atoms with Crippen LogP contribution in [0.2, 0.25) is 0 Å². The summed E-state index contributed by atoms with van der Waals surface area (Å²) in [4.78, 5) is 23.6. The normalized spacial score (nSPS) is 12.4. The molecule has 0 aliphatic rings. The van der Waals surface area contributed by atoms with Crippen LogP contribution in [0.5, 0.6) is 0 Å². The average molecular weight is 231 g/mol. The number of amides is 1. The molecule has 1 rings (SSSR count). The van der Waals surface area contributed by atoms with Gasteiger partial charge >= 0.3 is 0 Å². The number of rotatable bonds is 5. The number of hydrogen-bond donors (Lipinski definition) is 1. The molecular weight excluding hydrogens is 214 g/mol. The van der Waals surface area contributed by atoms with E-state index in [9.17, 15) is 9.59 Å². The zero-order valence-electron chi connectivity index (χ0n) is 10.1.